The molecular formula is C15H16N8O2. The van der Waals surface area contributed by atoms with Gasteiger partial charge in [0.1, 0.15) is 29.3 Å². The van der Waals surface area contributed by atoms with Crippen molar-refractivity contribution in [2.24, 2.45) is 0 Å². The maximum absolute atomic E-state index is 12.4. The molecule has 0 aromatic carbocycles. The molecule has 3 N–H and O–H groups in total. The van der Waals surface area contributed by atoms with Gasteiger partial charge in [0.25, 0.3) is 5.91 Å². The second-order valence-corrected chi connectivity index (χ2v) is 5.40. The molecule has 1 aliphatic heterocycles. The second kappa shape index (κ2) is 6.32. The van der Waals surface area contributed by atoms with E-state index in [1.807, 2.05) is 0 Å². The molecule has 0 radical (unpaired) electrons. The molecule has 4 rings (SSSR count). The van der Waals surface area contributed by atoms with Gasteiger partial charge in [-0.1, -0.05) is 0 Å². The molecule has 3 aromatic rings. The number of carbonyl (C=O) groups excluding carboxylic acids is 1. The molecule has 25 heavy (non-hydrogen) atoms. The Hall–Kier alpha value is -3.27. The number of ether oxygens (including phenoxy) is 1. The highest BCUT2D eigenvalue weighted by molar-refractivity contribution is 6.00. The molecule has 1 aliphatic rings. The van der Waals surface area contributed by atoms with Crippen molar-refractivity contribution >= 4 is 29.0 Å². The number of rotatable bonds is 1. The van der Waals surface area contributed by atoms with Gasteiger partial charge in [0.2, 0.25) is 0 Å². The van der Waals surface area contributed by atoms with E-state index < -0.39 is 0 Å². The van der Waals surface area contributed by atoms with Gasteiger partial charge in [0.15, 0.2) is 5.65 Å². The Morgan fingerprint density at radius 1 is 1.28 bits per heavy atom. The smallest absolute Gasteiger partial charge is 0.256 e. The van der Waals surface area contributed by atoms with E-state index in [-0.39, 0.29) is 5.91 Å². The summed E-state index contributed by atoms with van der Waals surface area (Å²) in [5, 5.41) is 13.2. The summed E-state index contributed by atoms with van der Waals surface area (Å²) < 4.78 is 7.11. The lowest BCUT2D eigenvalue weighted by molar-refractivity contribution is 0.0899. The number of fused-ring (bicyclic) bond motifs is 3. The lowest BCUT2D eigenvalue weighted by Crippen LogP contribution is -2.27. The minimum Gasteiger partial charge on any atom is -0.373 e. The van der Waals surface area contributed by atoms with Gasteiger partial charge in [-0.25, -0.2) is 15.0 Å². The fraction of sp³-hybridized carbons (Fsp3) is 0.267. The van der Waals surface area contributed by atoms with Gasteiger partial charge in [-0.05, 0) is 0 Å². The number of anilines is 3. The third kappa shape index (κ3) is 2.94. The Morgan fingerprint density at radius 3 is 3.08 bits per heavy atom. The highest BCUT2D eigenvalue weighted by Crippen LogP contribution is 2.21. The fourth-order valence-corrected chi connectivity index (χ4v) is 2.55. The third-order valence-corrected chi connectivity index (χ3v) is 3.73. The first kappa shape index (κ1) is 15.3. The predicted molar refractivity (Wildman–Crippen MR) is 89.8 cm³/mol. The normalized spacial score (nSPS) is 14.7. The van der Waals surface area contributed by atoms with E-state index in [1.54, 1.807) is 23.7 Å². The average molecular weight is 340 g/mol. The SMILES string of the molecule is CNc1cc2nc3c(cnn13)C(=O)NCCOCc1cc(ncn1)N2. The van der Waals surface area contributed by atoms with Crippen LogP contribution in [0.1, 0.15) is 16.1 Å². The molecule has 0 saturated carbocycles. The van der Waals surface area contributed by atoms with Crippen LogP contribution in [0.25, 0.3) is 5.65 Å². The van der Waals surface area contributed by atoms with E-state index in [0.29, 0.717) is 48.4 Å². The van der Waals surface area contributed by atoms with E-state index in [0.717, 1.165) is 5.69 Å². The van der Waals surface area contributed by atoms with Crippen molar-refractivity contribution in [2.75, 3.05) is 30.8 Å². The summed E-state index contributed by atoms with van der Waals surface area (Å²) in [6.07, 6.45) is 2.97. The zero-order chi connectivity index (χ0) is 17.2. The van der Waals surface area contributed by atoms with Crippen LogP contribution in [0.4, 0.5) is 17.5 Å². The van der Waals surface area contributed by atoms with Gasteiger partial charge in [0.05, 0.1) is 25.1 Å². The molecule has 3 aromatic heterocycles. The third-order valence-electron chi connectivity index (χ3n) is 3.73. The Labute approximate surface area is 142 Å². The molecule has 0 atom stereocenters. The monoisotopic (exact) mass is 340 g/mol. The fourth-order valence-electron chi connectivity index (χ4n) is 2.55. The van der Waals surface area contributed by atoms with Gasteiger partial charge < -0.3 is 20.7 Å². The van der Waals surface area contributed by atoms with Crippen molar-refractivity contribution in [1.29, 1.82) is 0 Å². The van der Waals surface area contributed by atoms with Crippen LogP contribution < -0.4 is 16.0 Å². The molecule has 0 saturated heterocycles. The van der Waals surface area contributed by atoms with Gasteiger partial charge in [0, 0.05) is 25.7 Å². The molecule has 0 aliphatic carbocycles. The molecule has 4 heterocycles. The predicted octanol–water partition coefficient (Wildman–Crippen LogP) is 0.565. The molecular weight excluding hydrogens is 324 g/mol. The number of nitrogens with one attached hydrogen (secondary N) is 3. The van der Waals surface area contributed by atoms with Crippen molar-refractivity contribution in [2.45, 2.75) is 6.61 Å². The largest absolute Gasteiger partial charge is 0.373 e. The molecule has 0 unspecified atom stereocenters. The number of nitrogens with zero attached hydrogens (tertiary/aromatic N) is 5. The molecule has 10 nitrogen and oxygen atoms in total. The number of amides is 1. The van der Waals surface area contributed by atoms with Crippen molar-refractivity contribution in [3.8, 4) is 0 Å². The molecule has 0 spiro atoms. The number of hydrogen-bond acceptors (Lipinski definition) is 8. The van der Waals surface area contributed by atoms with E-state index in [4.69, 9.17) is 4.74 Å². The van der Waals surface area contributed by atoms with Gasteiger partial charge >= 0.3 is 0 Å². The van der Waals surface area contributed by atoms with Crippen molar-refractivity contribution in [1.82, 2.24) is 29.9 Å². The highest BCUT2D eigenvalue weighted by Gasteiger charge is 2.17. The molecule has 1 amide bonds. The van der Waals surface area contributed by atoms with Gasteiger partial charge in [-0.15, -0.1) is 0 Å². The molecule has 0 fully saturated rings. The van der Waals surface area contributed by atoms with Crippen LogP contribution in [0.5, 0.6) is 0 Å². The zero-order valence-corrected chi connectivity index (χ0v) is 13.5. The van der Waals surface area contributed by atoms with E-state index >= 15 is 0 Å². The van der Waals surface area contributed by atoms with Crippen LogP contribution in [-0.4, -0.2) is 50.7 Å². The minimum absolute atomic E-state index is 0.253. The molecule has 128 valence electrons. The lowest BCUT2D eigenvalue weighted by Gasteiger charge is -2.11. The molecule has 10 heteroatoms. The van der Waals surface area contributed by atoms with Crippen molar-refractivity contribution in [3.05, 3.63) is 35.9 Å². The van der Waals surface area contributed by atoms with Crippen LogP contribution in [0, 0.1) is 0 Å². The summed E-state index contributed by atoms with van der Waals surface area (Å²) in [6.45, 7) is 1.09. The van der Waals surface area contributed by atoms with Crippen LogP contribution in [0.2, 0.25) is 0 Å². The summed E-state index contributed by atoms with van der Waals surface area (Å²) in [5.41, 5.74) is 1.57. The zero-order valence-electron chi connectivity index (χ0n) is 13.5. The van der Waals surface area contributed by atoms with Crippen LogP contribution in [0.15, 0.2) is 24.7 Å². The van der Waals surface area contributed by atoms with Crippen molar-refractivity contribution < 1.29 is 9.53 Å². The number of carbonyl (C=O) groups is 1. The first-order valence-corrected chi connectivity index (χ1v) is 7.75. The Kier molecular flexibility index (Phi) is 3.86. The van der Waals surface area contributed by atoms with Crippen LogP contribution >= 0.6 is 0 Å². The van der Waals surface area contributed by atoms with Crippen LogP contribution in [0.3, 0.4) is 0 Å². The summed E-state index contributed by atoms with van der Waals surface area (Å²) in [6, 6.07) is 3.58. The molecule has 4 bridgehead atoms. The maximum Gasteiger partial charge on any atom is 0.256 e. The standard InChI is InChI=1S/C15H16N8O2/c1-16-13-5-12-21-11-4-9(18-8-19-11)7-25-3-2-17-15(24)10-6-20-23(13)14(10)22-12/h4-6,8,16H,2-3,7H2,1H3,(H,17,24)(H,18,19,21,22). The van der Waals surface area contributed by atoms with E-state index in [2.05, 4.69) is 36.0 Å². The first-order valence-electron chi connectivity index (χ1n) is 7.75. The Morgan fingerprint density at radius 2 is 2.20 bits per heavy atom. The van der Waals surface area contributed by atoms with Crippen LogP contribution in [-0.2, 0) is 11.3 Å². The summed E-state index contributed by atoms with van der Waals surface area (Å²) in [7, 11) is 1.78. The number of aromatic nitrogens is 5. The quantitative estimate of drug-likeness (QED) is 0.588. The Bertz CT molecular complexity index is 938. The van der Waals surface area contributed by atoms with E-state index in [9.17, 15) is 4.79 Å². The lowest BCUT2D eigenvalue weighted by atomic mass is 10.3. The highest BCUT2D eigenvalue weighted by atomic mass is 16.5. The average Bonchev–Trinajstić information content (AvgIpc) is 3.04. The summed E-state index contributed by atoms with van der Waals surface area (Å²) >= 11 is 0. The Balaban J connectivity index is 1.85. The van der Waals surface area contributed by atoms with Gasteiger partial charge in [-0.2, -0.15) is 9.61 Å². The summed E-state index contributed by atoms with van der Waals surface area (Å²) in [4.78, 5) is 25.3. The maximum atomic E-state index is 12.4. The first-order chi connectivity index (χ1) is 12.2. The number of hydrogen-bond donors (Lipinski definition) is 3. The minimum atomic E-state index is -0.253. The van der Waals surface area contributed by atoms with Gasteiger partial charge in [-0.3, -0.25) is 4.79 Å². The second-order valence-electron chi connectivity index (χ2n) is 5.40. The topological polar surface area (TPSA) is 118 Å². The summed E-state index contributed by atoms with van der Waals surface area (Å²) in [5.74, 6) is 1.57. The van der Waals surface area contributed by atoms with E-state index in [1.165, 1.54) is 12.5 Å². The van der Waals surface area contributed by atoms with Crippen molar-refractivity contribution in [3.63, 3.8) is 0 Å².